The zero-order valence-electron chi connectivity index (χ0n) is 31.4. The van der Waals surface area contributed by atoms with Crippen molar-refractivity contribution in [2.45, 2.75) is 77.0 Å². The number of fused-ring (bicyclic) bond motifs is 6. The second kappa shape index (κ2) is 12.4. The van der Waals surface area contributed by atoms with Gasteiger partial charge in [-0.05, 0) is 113 Å². The van der Waals surface area contributed by atoms with Gasteiger partial charge in [-0.15, -0.1) is 0 Å². The van der Waals surface area contributed by atoms with Crippen LogP contribution in [-0.4, -0.2) is 25.6 Å². The van der Waals surface area contributed by atoms with Gasteiger partial charge in [0.05, 0.1) is 33.2 Å². The molecule has 6 heteroatoms. The Morgan fingerprint density at radius 2 is 1.53 bits per heavy atom. The number of nitrogens with zero attached hydrogens (tertiary/aromatic N) is 4. The van der Waals surface area contributed by atoms with Gasteiger partial charge >= 0.3 is 0 Å². The second-order valence-corrected chi connectivity index (χ2v) is 17.8. The smallest absolute Gasteiger partial charge is 0.145 e. The maximum atomic E-state index is 6.94. The van der Waals surface area contributed by atoms with E-state index < -0.39 is 0 Å². The normalized spacial score (nSPS) is 16.9. The summed E-state index contributed by atoms with van der Waals surface area (Å²) in [4.78, 5) is 15.0. The zero-order valence-corrected chi connectivity index (χ0v) is 32.3. The molecule has 0 N–H and O–H groups in total. The van der Waals surface area contributed by atoms with Crippen LogP contribution in [0, 0.1) is 6.92 Å². The van der Waals surface area contributed by atoms with Gasteiger partial charge in [-0.1, -0.05) is 89.2 Å². The summed E-state index contributed by atoms with van der Waals surface area (Å²) in [6.07, 6.45) is 4.70. The maximum Gasteiger partial charge on any atom is 0.145 e. The summed E-state index contributed by atoms with van der Waals surface area (Å²) in [5.41, 5.74) is 12.8. The van der Waals surface area contributed by atoms with Gasteiger partial charge in [-0.3, -0.25) is 14.5 Å². The second-order valence-electron chi connectivity index (χ2n) is 16.6. The Kier molecular flexibility index (Phi) is 7.90. The molecule has 1 aliphatic carbocycles. The minimum atomic E-state index is -0.117. The van der Waals surface area contributed by atoms with Crippen LogP contribution in [0.4, 0.5) is 0 Å². The summed E-state index contributed by atoms with van der Waals surface area (Å²) in [6, 6.07) is 37.0. The van der Waals surface area contributed by atoms with Gasteiger partial charge < -0.3 is 4.74 Å². The predicted molar refractivity (Wildman–Crippen MR) is 221 cm³/mol. The molecule has 53 heavy (non-hydrogen) atoms. The van der Waals surface area contributed by atoms with E-state index in [1.165, 1.54) is 33.2 Å². The molecule has 0 fully saturated rings. The van der Waals surface area contributed by atoms with Crippen molar-refractivity contribution in [3.8, 4) is 28.4 Å². The summed E-state index contributed by atoms with van der Waals surface area (Å²) >= 11 is 1.89. The fourth-order valence-electron chi connectivity index (χ4n) is 8.05. The fraction of sp³-hybridized carbons (Fsp3) is 0.255. The monoisotopic (exact) mass is 712 g/mol. The van der Waals surface area contributed by atoms with Crippen LogP contribution in [0.25, 0.3) is 38.9 Å². The Hall–Kier alpha value is -5.20. The molecular weight excluding hydrogens is 669 g/mol. The summed E-state index contributed by atoms with van der Waals surface area (Å²) < 4.78 is 9.21. The van der Waals surface area contributed by atoms with Crippen molar-refractivity contribution in [3.05, 3.63) is 149 Å². The molecule has 4 heterocycles. The lowest BCUT2D eigenvalue weighted by Crippen LogP contribution is -2.14. The molecule has 0 unspecified atom stereocenters. The van der Waals surface area contributed by atoms with Crippen molar-refractivity contribution >= 4 is 38.7 Å². The molecule has 2 atom stereocenters. The van der Waals surface area contributed by atoms with Gasteiger partial charge in [0.2, 0.25) is 0 Å². The Bertz CT molecular complexity index is 2590. The summed E-state index contributed by atoms with van der Waals surface area (Å²) in [5, 5.41) is 3.71. The highest BCUT2D eigenvalue weighted by Gasteiger charge is 2.41. The lowest BCUT2D eigenvalue weighted by atomic mass is 9.82. The van der Waals surface area contributed by atoms with Crippen molar-refractivity contribution in [3.63, 3.8) is 0 Å². The van der Waals surface area contributed by atoms with Crippen LogP contribution >= 0.6 is 11.8 Å². The van der Waals surface area contributed by atoms with Gasteiger partial charge in [-0.2, -0.15) is 0 Å². The first kappa shape index (κ1) is 33.6. The first-order valence-electron chi connectivity index (χ1n) is 18.5. The topological polar surface area (TPSA) is 52.3 Å². The quantitative estimate of drug-likeness (QED) is 0.178. The molecule has 5 nitrogen and oxygen atoms in total. The van der Waals surface area contributed by atoms with Crippen LogP contribution in [0.1, 0.15) is 80.2 Å². The lowest BCUT2D eigenvalue weighted by molar-refractivity contribution is 0.478. The van der Waals surface area contributed by atoms with Gasteiger partial charge in [0.25, 0.3) is 0 Å². The van der Waals surface area contributed by atoms with E-state index >= 15 is 0 Å². The third kappa shape index (κ3) is 6.03. The molecule has 2 aliphatic rings. The highest BCUT2D eigenvalue weighted by Crippen LogP contribution is 2.51. The van der Waals surface area contributed by atoms with E-state index in [-0.39, 0.29) is 16.9 Å². The molecule has 7 aromatic rings. The fourth-order valence-corrected chi connectivity index (χ4v) is 9.40. The Morgan fingerprint density at radius 1 is 0.717 bits per heavy atom. The van der Waals surface area contributed by atoms with Crippen LogP contribution in [-0.2, 0) is 17.3 Å². The molecule has 0 saturated carbocycles. The number of rotatable bonds is 5. The number of pyridine rings is 2. The van der Waals surface area contributed by atoms with Crippen molar-refractivity contribution in [2.24, 2.45) is 4.99 Å². The number of thioether (sulfide) groups is 1. The number of benzene rings is 4. The average Bonchev–Trinajstić information content (AvgIpc) is 3.80. The van der Waals surface area contributed by atoms with Crippen LogP contribution < -0.4 is 4.74 Å². The van der Waals surface area contributed by atoms with Crippen molar-refractivity contribution in [1.82, 2.24) is 14.5 Å². The van der Waals surface area contributed by atoms with E-state index in [1.54, 1.807) is 0 Å². The maximum absolute atomic E-state index is 6.94. The van der Waals surface area contributed by atoms with Crippen LogP contribution in [0.5, 0.6) is 11.5 Å². The van der Waals surface area contributed by atoms with Crippen molar-refractivity contribution in [1.29, 1.82) is 0 Å². The largest absolute Gasteiger partial charge is 0.457 e. The molecule has 0 radical (unpaired) electrons. The molecule has 3 aromatic heterocycles. The van der Waals surface area contributed by atoms with Crippen LogP contribution in [0.2, 0.25) is 0 Å². The van der Waals surface area contributed by atoms with E-state index in [0.717, 1.165) is 62.0 Å². The molecule has 264 valence electrons. The highest BCUT2D eigenvalue weighted by molar-refractivity contribution is 8.15. The Morgan fingerprint density at radius 3 is 2.32 bits per heavy atom. The summed E-state index contributed by atoms with van der Waals surface area (Å²) in [6.45, 7) is 15.8. The molecule has 4 aromatic carbocycles. The molecule has 1 aliphatic heterocycles. The standard InChI is InChI=1S/C47H44N4OS/c1-28-16-17-42-38(20-28)36-13-11-19-49-44(36)51(42)32-24-31(46(2,3)4)25-34(26-32)52-33-22-29(40-15-8-9-18-48-40)21-30(23-33)45-50-41-27-37-35(43(41)53-45)12-10-14-39(37)47(5,6)7/h8-26,41,43H,27H2,1-7H3/t41-,43+/m1/s1. The number of aliphatic imine (C=N–C) groups is 1. The first-order valence-corrected chi connectivity index (χ1v) is 19.4. The first-order chi connectivity index (χ1) is 25.4. The van der Waals surface area contributed by atoms with Gasteiger partial charge in [-0.25, -0.2) is 4.98 Å². The number of hydrogen-bond donors (Lipinski definition) is 0. The third-order valence-corrected chi connectivity index (χ3v) is 12.0. The minimum Gasteiger partial charge on any atom is -0.457 e. The molecule has 9 rings (SSSR count). The van der Waals surface area contributed by atoms with E-state index in [2.05, 4.69) is 138 Å². The van der Waals surface area contributed by atoms with E-state index in [9.17, 15) is 0 Å². The lowest BCUT2D eigenvalue weighted by Gasteiger charge is -2.23. The van der Waals surface area contributed by atoms with E-state index in [0.29, 0.717) is 5.25 Å². The van der Waals surface area contributed by atoms with E-state index in [1.807, 2.05) is 42.4 Å². The van der Waals surface area contributed by atoms with E-state index in [4.69, 9.17) is 19.7 Å². The number of aryl methyl sites for hydroxylation is 1. The Labute approximate surface area is 316 Å². The number of ether oxygens (including phenoxy) is 1. The number of hydrogen-bond acceptors (Lipinski definition) is 5. The highest BCUT2D eigenvalue weighted by atomic mass is 32.2. The van der Waals surface area contributed by atoms with Crippen molar-refractivity contribution in [2.75, 3.05) is 0 Å². The van der Waals surface area contributed by atoms with Gasteiger partial charge in [0.1, 0.15) is 17.1 Å². The van der Waals surface area contributed by atoms with Gasteiger partial charge in [0, 0.05) is 40.4 Å². The molecular formula is C47H44N4OS. The average molecular weight is 713 g/mol. The molecule has 0 bridgehead atoms. The van der Waals surface area contributed by atoms with Crippen LogP contribution in [0.15, 0.2) is 121 Å². The van der Waals surface area contributed by atoms with Gasteiger partial charge in [0.15, 0.2) is 0 Å². The zero-order chi connectivity index (χ0) is 36.6. The molecule has 0 saturated heterocycles. The molecule has 0 spiro atoms. The Balaban J connectivity index is 1.14. The van der Waals surface area contributed by atoms with Crippen molar-refractivity contribution < 1.29 is 4.74 Å². The molecule has 0 amide bonds. The van der Waals surface area contributed by atoms with Crippen LogP contribution in [0.3, 0.4) is 0 Å². The predicted octanol–water partition coefficient (Wildman–Crippen LogP) is 12.1. The minimum absolute atomic E-state index is 0.103. The summed E-state index contributed by atoms with van der Waals surface area (Å²) in [5.74, 6) is 1.53. The summed E-state index contributed by atoms with van der Waals surface area (Å²) in [7, 11) is 0. The SMILES string of the molecule is Cc1ccc2c(c1)c1cccnc1n2-c1cc(Oc2cc(C3=N[C@@H]4Cc5c(cccc5C(C)(C)C)[C@@H]4S3)cc(-c3ccccn3)c2)cc(C(C)(C)C)c1. The third-order valence-electron chi connectivity index (χ3n) is 10.7. The number of aromatic nitrogens is 3.